The van der Waals surface area contributed by atoms with Crippen LogP contribution in [0.25, 0.3) is 5.65 Å². The van der Waals surface area contributed by atoms with E-state index >= 15 is 0 Å². The minimum Gasteiger partial charge on any atom is -0.451 e. The molecule has 0 atom stereocenters. The standard InChI is InChI=1S/C21H23N3O3/c1-13(2)16-9-5-7-14(3)20(16)23-19(25)12-27-21(26)17-11-24-15(4)8-6-10-18(24)22-17/h5-11,13H,12H2,1-4H3,(H,23,25). The second-order valence-corrected chi connectivity index (χ2v) is 6.84. The van der Waals surface area contributed by atoms with Crippen molar-refractivity contribution in [1.82, 2.24) is 9.38 Å². The molecule has 2 aromatic heterocycles. The van der Waals surface area contributed by atoms with Crippen molar-refractivity contribution >= 4 is 23.2 Å². The van der Waals surface area contributed by atoms with Gasteiger partial charge in [0.05, 0.1) is 0 Å². The monoisotopic (exact) mass is 365 g/mol. The second-order valence-electron chi connectivity index (χ2n) is 6.84. The van der Waals surface area contributed by atoms with Crippen molar-refractivity contribution < 1.29 is 14.3 Å². The smallest absolute Gasteiger partial charge is 0.359 e. The highest BCUT2D eigenvalue weighted by atomic mass is 16.5. The molecule has 0 aliphatic heterocycles. The predicted octanol–water partition coefficient (Wildman–Crippen LogP) is 3.87. The molecule has 0 saturated heterocycles. The highest BCUT2D eigenvalue weighted by Gasteiger charge is 2.16. The summed E-state index contributed by atoms with van der Waals surface area (Å²) < 4.78 is 6.95. The average Bonchev–Trinajstić information content (AvgIpc) is 3.07. The molecule has 140 valence electrons. The zero-order valence-electron chi connectivity index (χ0n) is 15.9. The van der Waals surface area contributed by atoms with Crippen molar-refractivity contribution in [3.63, 3.8) is 0 Å². The number of fused-ring (bicyclic) bond motifs is 1. The Morgan fingerprint density at radius 2 is 1.89 bits per heavy atom. The molecular formula is C21H23N3O3. The van der Waals surface area contributed by atoms with Crippen molar-refractivity contribution in [1.29, 1.82) is 0 Å². The first kappa shape index (κ1) is 18.6. The third-order valence-electron chi connectivity index (χ3n) is 4.43. The molecule has 6 nitrogen and oxygen atoms in total. The number of imidazole rings is 1. The van der Waals surface area contributed by atoms with Gasteiger partial charge in [0.1, 0.15) is 5.65 Å². The van der Waals surface area contributed by atoms with Crippen LogP contribution in [-0.2, 0) is 9.53 Å². The van der Waals surface area contributed by atoms with Gasteiger partial charge in [-0.25, -0.2) is 9.78 Å². The lowest BCUT2D eigenvalue weighted by Gasteiger charge is -2.16. The lowest BCUT2D eigenvalue weighted by molar-refractivity contribution is -0.119. The molecule has 1 N–H and O–H groups in total. The summed E-state index contributed by atoms with van der Waals surface area (Å²) in [4.78, 5) is 28.8. The van der Waals surface area contributed by atoms with E-state index < -0.39 is 5.97 Å². The number of carbonyl (C=O) groups excluding carboxylic acids is 2. The number of amides is 1. The third kappa shape index (κ3) is 4.00. The van der Waals surface area contributed by atoms with Crippen molar-refractivity contribution in [2.45, 2.75) is 33.6 Å². The number of esters is 1. The number of anilines is 1. The van der Waals surface area contributed by atoms with Crippen molar-refractivity contribution in [2.75, 3.05) is 11.9 Å². The third-order valence-corrected chi connectivity index (χ3v) is 4.43. The highest BCUT2D eigenvalue weighted by Crippen LogP contribution is 2.27. The number of para-hydroxylation sites is 1. The molecule has 6 heteroatoms. The van der Waals surface area contributed by atoms with E-state index in [1.54, 1.807) is 10.6 Å². The number of hydrogen-bond donors (Lipinski definition) is 1. The summed E-state index contributed by atoms with van der Waals surface area (Å²) in [5, 5.41) is 2.86. The lowest BCUT2D eigenvalue weighted by Crippen LogP contribution is -2.22. The molecule has 0 spiro atoms. The van der Waals surface area contributed by atoms with E-state index in [-0.39, 0.29) is 24.1 Å². The number of nitrogens with zero attached hydrogens (tertiary/aromatic N) is 2. The molecule has 3 aromatic rings. The molecule has 1 aromatic carbocycles. The number of ether oxygens (including phenoxy) is 1. The van der Waals surface area contributed by atoms with Gasteiger partial charge in [0, 0.05) is 17.6 Å². The summed E-state index contributed by atoms with van der Waals surface area (Å²) in [6.45, 7) is 7.63. The van der Waals surface area contributed by atoms with Crippen LogP contribution in [0.1, 0.15) is 47.1 Å². The van der Waals surface area contributed by atoms with Crippen LogP contribution >= 0.6 is 0 Å². The first-order valence-electron chi connectivity index (χ1n) is 8.88. The molecule has 0 fully saturated rings. The number of aryl methyl sites for hydroxylation is 2. The molecule has 0 radical (unpaired) electrons. The van der Waals surface area contributed by atoms with Crippen LogP contribution in [0.4, 0.5) is 5.69 Å². The van der Waals surface area contributed by atoms with E-state index in [0.717, 1.165) is 22.5 Å². The molecule has 0 unspecified atom stereocenters. The van der Waals surface area contributed by atoms with Crippen LogP contribution in [0.15, 0.2) is 42.6 Å². The molecular weight excluding hydrogens is 342 g/mol. The maximum absolute atomic E-state index is 12.3. The molecule has 0 saturated carbocycles. The van der Waals surface area contributed by atoms with E-state index in [9.17, 15) is 9.59 Å². The van der Waals surface area contributed by atoms with E-state index in [2.05, 4.69) is 24.1 Å². The maximum Gasteiger partial charge on any atom is 0.359 e. The highest BCUT2D eigenvalue weighted by molar-refractivity contribution is 5.96. The summed E-state index contributed by atoms with van der Waals surface area (Å²) in [7, 11) is 0. The molecule has 0 aliphatic rings. The van der Waals surface area contributed by atoms with Crippen molar-refractivity contribution in [3.05, 3.63) is 65.1 Å². The fourth-order valence-electron chi connectivity index (χ4n) is 2.97. The number of nitrogens with one attached hydrogen (secondary N) is 1. The Hall–Kier alpha value is -3.15. The summed E-state index contributed by atoms with van der Waals surface area (Å²) in [6, 6.07) is 11.5. The summed E-state index contributed by atoms with van der Waals surface area (Å²) in [5.41, 5.74) is 4.58. The van der Waals surface area contributed by atoms with Gasteiger partial charge in [0.2, 0.25) is 0 Å². The normalized spacial score (nSPS) is 11.0. The number of hydrogen-bond acceptors (Lipinski definition) is 4. The Morgan fingerprint density at radius 3 is 2.59 bits per heavy atom. The van der Waals surface area contributed by atoms with Crippen LogP contribution in [-0.4, -0.2) is 27.9 Å². The number of pyridine rings is 1. The summed E-state index contributed by atoms with van der Waals surface area (Å²) in [5.74, 6) is -0.731. The quantitative estimate of drug-likeness (QED) is 0.697. The number of benzene rings is 1. The van der Waals surface area contributed by atoms with E-state index in [4.69, 9.17) is 4.74 Å². The molecule has 0 bridgehead atoms. The van der Waals surface area contributed by atoms with E-state index in [0.29, 0.717) is 5.65 Å². The van der Waals surface area contributed by atoms with Gasteiger partial charge in [-0.1, -0.05) is 38.1 Å². The van der Waals surface area contributed by atoms with Gasteiger partial charge in [0.15, 0.2) is 12.3 Å². The lowest BCUT2D eigenvalue weighted by atomic mass is 9.98. The Morgan fingerprint density at radius 1 is 1.15 bits per heavy atom. The minimum absolute atomic E-state index is 0.177. The average molecular weight is 365 g/mol. The van der Waals surface area contributed by atoms with Gasteiger partial charge in [-0.3, -0.25) is 4.79 Å². The zero-order chi connectivity index (χ0) is 19.6. The first-order valence-corrected chi connectivity index (χ1v) is 8.88. The zero-order valence-corrected chi connectivity index (χ0v) is 15.9. The van der Waals surface area contributed by atoms with Gasteiger partial charge >= 0.3 is 5.97 Å². The Balaban J connectivity index is 1.67. The minimum atomic E-state index is -0.623. The van der Waals surface area contributed by atoms with Crippen LogP contribution in [0.5, 0.6) is 0 Å². The van der Waals surface area contributed by atoms with Crippen LogP contribution in [0.3, 0.4) is 0 Å². The van der Waals surface area contributed by atoms with Crippen LogP contribution < -0.4 is 5.32 Å². The molecule has 0 aliphatic carbocycles. The van der Waals surface area contributed by atoms with Gasteiger partial charge in [-0.2, -0.15) is 0 Å². The number of carbonyl (C=O) groups is 2. The maximum atomic E-state index is 12.3. The van der Waals surface area contributed by atoms with Crippen LogP contribution in [0.2, 0.25) is 0 Å². The SMILES string of the molecule is Cc1cccc(C(C)C)c1NC(=O)COC(=O)c1cn2c(C)cccc2n1. The fourth-order valence-corrected chi connectivity index (χ4v) is 2.97. The number of rotatable bonds is 5. The van der Waals surface area contributed by atoms with Gasteiger partial charge in [-0.15, -0.1) is 0 Å². The fraction of sp³-hybridized carbons (Fsp3) is 0.286. The molecule has 1 amide bonds. The predicted molar refractivity (Wildman–Crippen MR) is 104 cm³/mol. The Labute approximate surface area is 158 Å². The molecule has 27 heavy (non-hydrogen) atoms. The Bertz CT molecular complexity index is 1010. The molecule has 3 rings (SSSR count). The topological polar surface area (TPSA) is 72.7 Å². The van der Waals surface area contributed by atoms with E-state index in [1.807, 2.05) is 50.2 Å². The number of aromatic nitrogens is 2. The Kier molecular flexibility index (Phi) is 5.26. The van der Waals surface area contributed by atoms with Gasteiger partial charge in [-0.05, 0) is 43.0 Å². The summed E-state index contributed by atoms with van der Waals surface area (Å²) >= 11 is 0. The van der Waals surface area contributed by atoms with Gasteiger partial charge < -0.3 is 14.5 Å². The molecule has 2 heterocycles. The summed E-state index contributed by atoms with van der Waals surface area (Å²) in [6.07, 6.45) is 1.61. The first-order chi connectivity index (χ1) is 12.9. The van der Waals surface area contributed by atoms with Crippen molar-refractivity contribution in [2.24, 2.45) is 0 Å². The van der Waals surface area contributed by atoms with E-state index in [1.165, 1.54) is 0 Å². The van der Waals surface area contributed by atoms with Gasteiger partial charge in [0.25, 0.3) is 5.91 Å². The largest absolute Gasteiger partial charge is 0.451 e. The van der Waals surface area contributed by atoms with Crippen molar-refractivity contribution in [3.8, 4) is 0 Å². The second kappa shape index (κ2) is 7.61. The van der Waals surface area contributed by atoms with Crippen LogP contribution in [0, 0.1) is 13.8 Å².